The molecule has 0 unspecified atom stereocenters. The summed E-state index contributed by atoms with van der Waals surface area (Å²) in [5.74, 6) is 0. The van der Waals surface area contributed by atoms with Crippen LogP contribution in [-0.2, 0) is 0 Å². The summed E-state index contributed by atoms with van der Waals surface area (Å²) < 4.78 is 0. The second kappa shape index (κ2) is 4.45. The van der Waals surface area contributed by atoms with E-state index in [1.807, 2.05) is 6.92 Å². The molecule has 3 N–H and O–H groups in total. The van der Waals surface area contributed by atoms with Crippen LogP contribution in [0.15, 0.2) is 30.4 Å². The zero-order valence-electron chi connectivity index (χ0n) is 8.49. The SMILES string of the molecule is C=C(C)CNc1ccc([N+](=O)[O-])cc1N. The Kier molecular flexibility index (Phi) is 3.28. The van der Waals surface area contributed by atoms with E-state index < -0.39 is 4.92 Å². The molecule has 1 rings (SSSR count). The molecule has 1 aromatic rings. The van der Waals surface area contributed by atoms with Crippen LogP contribution < -0.4 is 11.1 Å². The molecular weight excluding hydrogens is 194 g/mol. The number of nitrogen functional groups attached to an aromatic ring is 1. The van der Waals surface area contributed by atoms with Gasteiger partial charge in [0.25, 0.3) is 5.69 Å². The van der Waals surface area contributed by atoms with Crippen molar-refractivity contribution >= 4 is 17.1 Å². The predicted molar refractivity (Wildman–Crippen MR) is 60.8 cm³/mol. The van der Waals surface area contributed by atoms with E-state index in [0.717, 1.165) is 5.57 Å². The maximum Gasteiger partial charge on any atom is 0.271 e. The van der Waals surface area contributed by atoms with Gasteiger partial charge in [-0.25, -0.2) is 0 Å². The average molecular weight is 207 g/mol. The van der Waals surface area contributed by atoms with Crippen LogP contribution in [-0.4, -0.2) is 11.5 Å². The molecule has 1 aromatic carbocycles. The molecule has 0 atom stereocenters. The molecule has 0 aliphatic carbocycles. The van der Waals surface area contributed by atoms with E-state index >= 15 is 0 Å². The van der Waals surface area contributed by atoms with Gasteiger partial charge in [-0.1, -0.05) is 12.2 Å². The topological polar surface area (TPSA) is 81.2 Å². The van der Waals surface area contributed by atoms with Crippen molar-refractivity contribution in [2.24, 2.45) is 0 Å². The molecular formula is C10H13N3O2. The summed E-state index contributed by atoms with van der Waals surface area (Å²) in [5, 5.41) is 13.5. The Morgan fingerprint density at radius 1 is 1.67 bits per heavy atom. The van der Waals surface area contributed by atoms with Crippen molar-refractivity contribution in [2.75, 3.05) is 17.6 Å². The van der Waals surface area contributed by atoms with Gasteiger partial charge in [-0.15, -0.1) is 0 Å². The number of nitrogens with one attached hydrogen (secondary N) is 1. The number of non-ortho nitro benzene ring substituents is 1. The summed E-state index contributed by atoms with van der Waals surface area (Å²) in [4.78, 5) is 9.97. The molecule has 0 aliphatic rings. The molecule has 0 heterocycles. The van der Waals surface area contributed by atoms with Crippen molar-refractivity contribution in [3.63, 3.8) is 0 Å². The molecule has 0 bridgehead atoms. The predicted octanol–water partition coefficient (Wildman–Crippen LogP) is 2.17. The zero-order valence-corrected chi connectivity index (χ0v) is 8.49. The Labute approximate surface area is 87.7 Å². The van der Waals surface area contributed by atoms with Gasteiger partial charge >= 0.3 is 0 Å². The summed E-state index contributed by atoms with van der Waals surface area (Å²) in [6.07, 6.45) is 0. The minimum absolute atomic E-state index is 0.00613. The number of nitro groups is 1. The second-order valence-corrected chi connectivity index (χ2v) is 3.34. The third-order valence-electron chi connectivity index (χ3n) is 1.83. The molecule has 0 aliphatic heterocycles. The van der Waals surface area contributed by atoms with Gasteiger partial charge in [0.2, 0.25) is 0 Å². The van der Waals surface area contributed by atoms with E-state index in [-0.39, 0.29) is 5.69 Å². The Hall–Kier alpha value is -2.04. The molecule has 0 amide bonds. The number of anilines is 2. The lowest BCUT2D eigenvalue weighted by Gasteiger charge is -2.08. The van der Waals surface area contributed by atoms with Crippen LogP contribution in [0.25, 0.3) is 0 Å². The molecule has 0 radical (unpaired) electrons. The smallest absolute Gasteiger partial charge is 0.271 e. The van der Waals surface area contributed by atoms with Gasteiger partial charge in [-0.3, -0.25) is 10.1 Å². The highest BCUT2D eigenvalue weighted by Crippen LogP contribution is 2.23. The van der Waals surface area contributed by atoms with Gasteiger partial charge in [-0.2, -0.15) is 0 Å². The molecule has 0 saturated heterocycles. The fourth-order valence-electron chi connectivity index (χ4n) is 1.07. The normalized spacial score (nSPS) is 9.67. The van der Waals surface area contributed by atoms with E-state index in [4.69, 9.17) is 5.73 Å². The van der Waals surface area contributed by atoms with Crippen molar-refractivity contribution in [1.82, 2.24) is 0 Å². The largest absolute Gasteiger partial charge is 0.397 e. The minimum Gasteiger partial charge on any atom is -0.397 e. The quantitative estimate of drug-likeness (QED) is 0.343. The van der Waals surface area contributed by atoms with Crippen LogP contribution in [0.2, 0.25) is 0 Å². The number of rotatable bonds is 4. The molecule has 15 heavy (non-hydrogen) atoms. The van der Waals surface area contributed by atoms with Crippen molar-refractivity contribution in [2.45, 2.75) is 6.92 Å². The molecule has 5 nitrogen and oxygen atoms in total. The summed E-state index contributed by atoms with van der Waals surface area (Å²) in [6, 6.07) is 4.34. The minimum atomic E-state index is -0.473. The highest BCUT2D eigenvalue weighted by molar-refractivity contribution is 5.69. The second-order valence-electron chi connectivity index (χ2n) is 3.34. The van der Waals surface area contributed by atoms with Crippen molar-refractivity contribution in [1.29, 1.82) is 0 Å². The summed E-state index contributed by atoms with van der Waals surface area (Å²) in [7, 11) is 0. The zero-order chi connectivity index (χ0) is 11.4. The van der Waals surface area contributed by atoms with Gasteiger partial charge in [0.15, 0.2) is 0 Å². The molecule has 5 heteroatoms. The van der Waals surface area contributed by atoms with E-state index in [0.29, 0.717) is 17.9 Å². The number of hydrogen-bond donors (Lipinski definition) is 2. The number of nitrogens with zero attached hydrogens (tertiary/aromatic N) is 1. The average Bonchev–Trinajstić information content (AvgIpc) is 2.15. The molecule has 0 aromatic heterocycles. The lowest BCUT2D eigenvalue weighted by Crippen LogP contribution is -2.04. The first-order valence-corrected chi connectivity index (χ1v) is 4.43. The van der Waals surface area contributed by atoms with Gasteiger partial charge in [0.05, 0.1) is 16.3 Å². The van der Waals surface area contributed by atoms with Crippen LogP contribution in [0.1, 0.15) is 6.92 Å². The number of hydrogen-bond acceptors (Lipinski definition) is 4. The molecule has 0 saturated carbocycles. The Morgan fingerprint density at radius 3 is 2.80 bits per heavy atom. The van der Waals surface area contributed by atoms with Gasteiger partial charge in [0, 0.05) is 18.7 Å². The summed E-state index contributed by atoms with van der Waals surface area (Å²) >= 11 is 0. The van der Waals surface area contributed by atoms with Gasteiger partial charge < -0.3 is 11.1 Å². The lowest BCUT2D eigenvalue weighted by atomic mass is 10.2. The Bertz CT molecular complexity index is 402. The first kappa shape index (κ1) is 11.0. The number of nitro benzene ring substituents is 1. The Balaban J connectivity index is 2.83. The first-order chi connectivity index (χ1) is 7.00. The van der Waals surface area contributed by atoms with Crippen LogP contribution in [0, 0.1) is 10.1 Å². The van der Waals surface area contributed by atoms with Crippen molar-refractivity contribution < 1.29 is 4.92 Å². The number of benzene rings is 1. The highest BCUT2D eigenvalue weighted by Gasteiger charge is 2.07. The van der Waals surface area contributed by atoms with Crippen molar-refractivity contribution in [3.05, 3.63) is 40.5 Å². The van der Waals surface area contributed by atoms with E-state index in [1.165, 1.54) is 12.1 Å². The van der Waals surface area contributed by atoms with Crippen molar-refractivity contribution in [3.8, 4) is 0 Å². The van der Waals surface area contributed by atoms with Crippen LogP contribution in [0.3, 0.4) is 0 Å². The van der Waals surface area contributed by atoms with Crippen LogP contribution in [0.4, 0.5) is 17.1 Å². The fraction of sp³-hybridized carbons (Fsp3) is 0.200. The fourth-order valence-corrected chi connectivity index (χ4v) is 1.07. The maximum absolute atomic E-state index is 10.4. The van der Waals surface area contributed by atoms with E-state index in [1.54, 1.807) is 6.07 Å². The third-order valence-corrected chi connectivity index (χ3v) is 1.83. The van der Waals surface area contributed by atoms with E-state index in [2.05, 4.69) is 11.9 Å². The first-order valence-electron chi connectivity index (χ1n) is 4.43. The Morgan fingerprint density at radius 2 is 2.33 bits per heavy atom. The standard InChI is InChI=1S/C10H13N3O2/c1-7(2)6-12-10-4-3-8(13(14)15)5-9(10)11/h3-5,12H,1,6,11H2,2H3. The van der Waals surface area contributed by atoms with Gasteiger partial charge in [-0.05, 0) is 13.0 Å². The van der Waals surface area contributed by atoms with E-state index in [9.17, 15) is 10.1 Å². The summed E-state index contributed by atoms with van der Waals surface area (Å²) in [6.45, 7) is 6.22. The lowest BCUT2D eigenvalue weighted by molar-refractivity contribution is -0.384. The molecule has 0 spiro atoms. The van der Waals surface area contributed by atoms with Gasteiger partial charge in [0.1, 0.15) is 0 Å². The molecule has 0 fully saturated rings. The van der Waals surface area contributed by atoms with Crippen LogP contribution >= 0.6 is 0 Å². The molecule has 80 valence electrons. The monoisotopic (exact) mass is 207 g/mol. The number of nitrogens with two attached hydrogens (primary N) is 1. The van der Waals surface area contributed by atoms with Crippen LogP contribution in [0.5, 0.6) is 0 Å². The third kappa shape index (κ3) is 2.98. The summed E-state index contributed by atoms with van der Waals surface area (Å²) in [5.41, 5.74) is 7.66. The highest BCUT2D eigenvalue weighted by atomic mass is 16.6. The maximum atomic E-state index is 10.4.